The summed E-state index contributed by atoms with van der Waals surface area (Å²) < 4.78 is 51.8. The highest BCUT2D eigenvalue weighted by Gasteiger charge is 2.43. The van der Waals surface area contributed by atoms with Crippen molar-refractivity contribution < 1.29 is 36.9 Å². The van der Waals surface area contributed by atoms with Gasteiger partial charge in [-0.25, -0.2) is 0 Å². The van der Waals surface area contributed by atoms with Crippen molar-refractivity contribution in [2.75, 3.05) is 20.6 Å². The molecule has 0 saturated heterocycles. The molecule has 4 rings (SSSR count). The number of amides is 2. The van der Waals surface area contributed by atoms with E-state index >= 15 is 0 Å². The zero-order valence-electron chi connectivity index (χ0n) is 20.2. The Bertz CT molecular complexity index is 1420. The fourth-order valence-corrected chi connectivity index (χ4v) is 3.50. The molecule has 4 aromatic rings. The summed E-state index contributed by atoms with van der Waals surface area (Å²) in [6.45, 7) is 0.0597. The molecule has 10 nitrogen and oxygen atoms in total. The van der Waals surface area contributed by atoms with Gasteiger partial charge in [0, 0.05) is 38.2 Å². The number of nitrogens with one attached hydrogen (secondary N) is 1. The molecule has 13 heteroatoms. The number of alkyl halides is 3. The Morgan fingerprint density at radius 1 is 1.00 bits per heavy atom. The van der Waals surface area contributed by atoms with Crippen molar-refractivity contribution in [2.45, 2.75) is 18.7 Å². The Hall–Kier alpha value is -4.52. The highest BCUT2D eigenvalue weighted by Crippen LogP contribution is 2.43. The molecule has 198 valence electrons. The van der Waals surface area contributed by atoms with Crippen molar-refractivity contribution >= 4 is 11.8 Å². The topological polar surface area (TPSA) is 135 Å². The molecule has 0 aliphatic carbocycles. The van der Waals surface area contributed by atoms with E-state index in [4.69, 9.17) is 9.05 Å². The summed E-state index contributed by atoms with van der Waals surface area (Å²) in [5, 5.41) is 20.1. The molecule has 0 spiro atoms. The third-order valence-electron chi connectivity index (χ3n) is 5.51. The molecule has 0 aliphatic heterocycles. The second-order valence-electron chi connectivity index (χ2n) is 8.38. The van der Waals surface area contributed by atoms with Crippen molar-refractivity contribution in [1.82, 2.24) is 25.5 Å². The van der Waals surface area contributed by atoms with Crippen LogP contribution < -0.4 is 5.32 Å². The van der Waals surface area contributed by atoms with E-state index in [-0.39, 0.29) is 35.8 Å². The third-order valence-corrected chi connectivity index (χ3v) is 5.51. The number of hydrogen-bond donors (Lipinski definition) is 2. The Labute approximate surface area is 214 Å². The molecule has 0 bridgehead atoms. The quantitative estimate of drug-likeness (QED) is 0.353. The first kappa shape index (κ1) is 26.5. The zero-order chi connectivity index (χ0) is 27.4. The number of aromatic nitrogens is 3. The van der Waals surface area contributed by atoms with Gasteiger partial charge in [0.15, 0.2) is 6.10 Å². The summed E-state index contributed by atoms with van der Waals surface area (Å²) in [4.78, 5) is 29.2. The monoisotopic (exact) mass is 529 g/mol. The lowest BCUT2D eigenvalue weighted by molar-refractivity contribution is -0.137. The zero-order valence-corrected chi connectivity index (χ0v) is 20.2. The molecule has 0 radical (unpaired) electrons. The number of hydrogen-bond acceptors (Lipinski definition) is 8. The predicted octanol–water partition coefficient (Wildman–Crippen LogP) is 3.71. The second kappa shape index (κ2) is 10.8. The molecule has 0 saturated carbocycles. The number of halogens is 3. The van der Waals surface area contributed by atoms with Gasteiger partial charge in [-0.2, -0.15) is 18.2 Å². The summed E-state index contributed by atoms with van der Waals surface area (Å²) in [6.07, 6.45) is -6.23. The number of benzene rings is 2. The fraction of sp³-hybridized carbons (Fsp3) is 0.240. The van der Waals surface area contributed by atoms with Crippen LogP contribution in [0.5, 0.6) is 0 Å². The second-order valence-corrected chi connectivity index (χ2v) is 8.38. The molecule has 38 heavy (non-hydrogen) atoms. The predicted molar refractivity (Wildman–Crippen MR) is 127 cm³/mol. The Morgan fingerprint density at radius 2 is 1.68 bits per heavy atom. The lowest BCUT2D eigenvalue weighted by Crippen LogP contribution is -2.33. The number of aliphatic hydroxyl groups excluding tert-OH is 1. The van der Waals surface area contributed by atoms with E-state index in [1.165, 1.54) is 41.3 Å². The lowest BCUT2D eigenvalue weighted by Gasteiger charge is -2.13. The highest BCUT2D eigenvalue weighted by molar-refractivity contribution is 5.83. The maximum Gasteiger partial charge on any atom is 0.422 e. The van der Waals surface area contributed by atoms with E-state index in [0.717, 1.165) is 0 Å². The summed E-state index contributed by atoms with van der Waals surface area (Å²) in [5.41, 5.74) is -0.747. The first-order valence-corrected chi connectivity index (χ1v) is 11.3. The van der Waals surface area contributed by atoms with Crippen molar-refractivity contribution in [1.29, 1.82) is 0 Å². The van der Waals surface area contributed by atoms with Crippen LogP contribution in [-0.2, 0) is 15.8 Å². The Kier molecular flexibility index (Phi) is 7.57. The summed E-state index contributed by atoms with van der Waals surface area (Å²) in [5.74, 6) is -2.14. The van der Waals surface area contributed by atoms with Gasteiger partial charge in [-0.05, 0) is 5.56 Å². The van der Waals surface area contributed by atoms with Gasteiger partial charge in [0.2, 0.25) is 17.5 Å². The number of carbonyl (C=O) groups excluding carboxylic acids is 2. The molecular weight excluding hydrogens is 507 g/mol. The van der Waals surface area contributed by atoms with E-state index in [2.05, 4.69) is 20.6 Å². The molecular formula is C25H22F3N5O5. The van der Waals surface area contributed by atoms with Gasteiger partial charge < -0.3 is 24.4 Å². The number of nitrogens with zero attached hydrogens (tertiary/aromatic N) is 4. The molecule has 2 amide bonds. The molecule has 0 fully saturated rings. The van der Waals surface area contributed by atoms with Crippen molar-refractivity contribution in [3.8, 4) is 34.3 Å². The number of carbonyl (C=O) groups is 2. The van der Waals surface area contributed by atoms with Gasteiger partial charge in [0.1, 0.15) is 11.3 Å². The summed E-state index contributed by atoms with van der Waals surface area (Å²) in [6, 6.07) is 13.6. The van der Waals surface area contributed by atoms with E-state index < -0.39 is 41.1 Å². The van der Waals surface area contributed by atoms with Gasteiger partial charge in [-0.1, -0.05) is 64.9 Å². The molecule has 2 aromatic heterocycles. The molecule has 1 unspecified atom stereocenters. The third kappa shape index (κ3) is 5.72. The Balaban J connectivity index is 1.51. The fourth-order valence-electron chi connectivity index (χ4n) is 3.50. The number of aliphatic hydroxyl groups is 1. The van der Waals surface area contributed by atoms with Gasteiger partial charge in [0.05, 0.1) is 0 Å². The molecule has 2 N–H and O–H groups in total. The Morgan fingerprint density at radius 3 is 2.32 bits per heavy atom. The lowest BCUT2D eigenvalue weighted by atomic mass is 10.1. The van der Waals surface area contributed by atoms with Crippen LogP contribution in [0.4, 0.5) is 13.2 Å². The number of rotatable bonds is 8. The smallest absolute Gasteiger partial charge is 0.378 e. The van der Waals surface area contributed by atoms with Crippen LogP contribution in [0.1, 0.15) is 23.7 Å². The van der Waals surface area contributed by atoms with E-state index in [1.807, 2.05) is 0 Å². The minimum absolute atomic E-state index is 0.0431. The van der Waals surface area contributed by atoms with Crippen molar-refractivity contribution in [3.63, 3.8) is 0 Å². The molecule has 0 aliphatic rings. The van der Waals surface area contributed by atoms with E-state index in [9.17, 15) is 27.9 Å². The largest absolute Gasteiger partial charge is 0.422 e. The molecule has 1 atom stereocenters. The average molecular weight is 529 g/mol. The van der Waals surface area contributed by atoms with Crippen molar-refractivity contribution in [3.05, 3.63) is 65.7 Å². The summed E-state index contributed by atoms with van der Waals surface area (Å²) >= 11 is 0. The average Bonchev–Trinajstić information content (AvgIpc) is 3.56. The normalized spacial score (nSPS) is 12.3. The maximum absolute atomic E-state index is 13.9. The van der Waals surface area contributed by atoms with E-state index in [0.29, 0.717) is 5.56 Å². The van der Waals surface area contributed by atoms with Crippen LogP contribution in [0, 0.1) is 0 Å². The van der Waals surface area contributed by atoms with Crippen LogP contribution in [0.2, 0.25) is 0 Å². The first-order valence-electron chi connectivity index (χ1n) is 11.3. The van der Waals surface area contributed by atoms with Crippen LogP contribution >= 0.6 is 0 Å². The van der Waals surface area contributed by atoms with Gasteiger partial charge >= 0.3 is 6.18 Å². The van der Waals surface area contributed by atoms with Crippen LogP contribution in [0.15, 0.2) is 63.6 Å². The van der Waals surface area contributed by atoms with Crippen LogP contribution in [-0.4, -0.2) is 57.8 Å². The molecule has 2 heterocycles. The maximum atomic E-state index is 13.9. The van der Waals surface area contributed by atoms with Gasteiger partial charge in [0.25, 0.3) is 11.8 Å². The first-order chi connectivity index (χ1) is 18.1. The molecule has 2 aromatic carbocycles. The highest BCUT2D eigenvalue weighted by atomic mass is 19.4. The van der Waals surface area contributed by atoms with Crippen LogP contribution in [0.3, 0.4) is 0 Å². The SMILES string of the molecule is CN(C)C(=O)CCNC(=O)C(O)c1ccc(-c2noc(-c3onc(-c4ccccc4)c3C(F)(F)F)n2)cc1. The standard InChI is InChI=1S/C25H22F3N5O5/c1-33(2)17(34)12-13-29-23(36)20(35)15-8-10-16(11-9-15)22-30-24(38-32-22)21-18(25(26,27)28)19(31-37-21)14-6-4-3-5-7-14/h3-11,20,35H,12-13H2,1-2H3,(H,29,36). The van der Waals surface area contributed by atoms with Gasteiger partial charge in [-0.15, -0.1) is 0 Å². The van der Waals surface area contributed by atoms with Crippen LogP contribution in [0.25, 0.3) is 34.3 Å². The van der Waals surface area contributed by atoms with Gasteiger partial charge in [-0.3, -0.25) is 9.59 Å². The minimum Gasteiger partial charge on any atom is -0.378 e. The van der Waals surface area contributed by atoms with Crippen molar-refractivity contribution in [2.24, 2.45) is 0 Å². The van der Waals surface area contributed by atoms with E-state index in [1.54, 1.807) is 32.3 Å². The summed E-state index contributed by atoms with van der Waals surface area (Å²) in [7, 11) is 3.19. The minimum atomic E-state index is -4.81.